The highest BCUT2D eigenvalue weighted by molar-refractivity contribution is 7.91. The van der Waals surface area contributed by atoms with Crippen LogP contribution in [0.3, 0.4) is 0 Å². The van der Waals surface area contributed by atoms with Crippen molar-refractivity contribution in [3.8, 4) is 0 Å². The molecule has 21 heavy (non-hydrogen) atoms. The summed E-state index contributed by atoms with van der Waals surface area (Å²) >= 11 is 0. The molecule has 1 rings (SSSR count). The van der Waals surface area contributed by atoms with E-state index in [0.717, 1.165) is 17.1 Å². The highest BCUT2D eigenvalue weighted by atomic mass is 32.2. The number of carbonyl (C=O) groups is 3. The molecule has 0 spiro atoms. The van der Waals surface area contributed by atoms with Gasteiger partial charge in [0.15, 0.2) is 9.84 Å². The fourth-order valence-corrected chi connectivity index (χ4v) is 2.65. The lowest BCUT2D eigenvalue weighted by atomic mass is 10.3. The first-order chi connectivity index (χ1) is 9.85. The highest BCUT2D eigenvalue weighted by Crippen LogP contribution is 2.03. The number of nitrogens with one attached hydrogen (secondary N) is 1. The van der Waals surface area contributed by atoms with Crippen molar-refractivity contribution in [2.45, 2.75) is 6.42 Å². The summed E-state index contributed by atoms with van der Waals surface area (Å²) in [6.07, 6.45) is 2.22. The van der Waals surface area contributed by atoms with Crippen molar-refractivity contribution in [3.63, 3.8) is 0 Å². The van der Waals surface area contributed by atoms with Crippen LogP contribution in [0.4, 0.5) is 0 Å². The van der Waals surface area contributed by atoms with E-state index in [1.807, 2.05) is 0 Å². The van der Waals surface area contributed by atoms with Gasteiger partial charge in [0.05, 0.1) is 18.1 Å². The number of hydrogen-bond donors (Lipinski definition) is 1. The first kappa shape index (κ1) is 17.3. The third-order valence-corrected chi connectivity index (χ3v) is 4.41. The minimum atomic E-state index is -3.26. The third kappa shape index (κ3) is 6.05. The first-order valence-electron chi connectivity index (χ1n) is 6.35. The monoisotopic (exact) mass is 318 g/mol. The van der Waals surface area contributed by atoms with Crippen molar-refractivity contribution in [1.82, 2.24) is 10.2 Å². The molecule has 0 unspecified atom stereocenters. The van der Waals surface area contributed by atoms with Crippen molar-refractivity contribution < 1.29 is 27.5 Å². The number of imide groups is 1. The van der Waals surface area contributed by atoms with Crippen LogP contribution < -0.4 is 5.32 Å². The second-order valence-corrected chi connectivity index (χ2v) is 6.71. The van der Waals surface area contributed by atoms with E-state index in [9.17, 15) is 22.8 Å². The van der Waals surface area contributed by atoms with Crippen LogP contribution in [-0.2, 0) is 29.0 Å². The average Bonchev–Trinajstić information content (AvgIpc) is 2.73. The van der Waals surface area contributed by atoms with Gasteiger partial charge in [-0.15, -0.1) is 0 Å². The molecule has 0 aromatic rings. The summed E-state index contributed by atoms with van der Waals surface area (Å²) in [6.45, 7) is 0.0837. The minimum absolute atomic E-state index is 0.00890. The SMILES string of the molecule is COCCS(=O)(=O)CCNC(=O)CCN1C(=O)C=CC1=O. The molecule has 0 saturated carbocycles. The van der Waals surface area contributed by atoms with Gasteiger partial charge in [-0.25, -0.2) is 8.42 Å². The van der Waals surface area contributed by atoms with Crippen molar-refractivity contribution in [2.75, 3.05) is 38.3 Å². The Hall–Kier alpha value is -1.74. The second-order valence-electron chi connectivity index (χ2n) is 4.41. The fourth-order valence-electron chi connectivity index (χ4n) is 1.61. The van der Waals surface area contributed by atoms with Gasteiger partial charge in [0.25, 0.3) is 11.8 Å². The number of amides is 3. The number of hydrogen-bond acceptors (Lipinski definition) is 6. The summed E-state index contributed by atoms with van der Waals surface area (Å²) in [5.74, 6) is -1.58. The maximum Gasteiger partial charge on any atom is 0.253 e. The third-order valence-electron chi connectivity index (χ3n) is 2.80. The van der Waals surface area contributed by atoms with Crippen LogP contribution in [0.5, 0.6) is 0 Å². The second kappa shape index (κ2) is 7.89. The molecule has 0 atom stereocenters. The molecule has 3 amide bonds. The van der Waals surface area contributed by atoms with E-state index in [1.54, 1.807) is 0 Å². The number of ether oxygens (including phenoxy) is 1. The van der Waals surface area contributed by atoms with Crippen LogP contribution in [-0.4, -0.2) is 69.4 Å². The largest absolute Gasteiger partial charge is 0.384 e. The van der Waals surface area contributed by atoms with Gasteiger partial charge in [-0.1, -0.05) is 0 Å². The maximum atomic E-state index is 11.5. The average molecular weight is 318 g/mol. The summed E-state index contributed by atoms with van der Waals surface area (Å²) in [5, 5.41) is 2.44. The minimum Gasteiger partial charge on any atom is -0.384 e. The molecule has 0 bridgehead atoms. The number of sulfone groups is 1. The highest BCUT2D eigenvalue weighted by Gasteiger charge is 2.23. The van der Waals surface area contributed by atoms with Crippen LogP contribution in [0.15, 0.2) is 12.2 Å². The molecule has 0 aromatic heterocycles. The van der Waals surface area contributed by atoms with Gasteiger partial charge in [-0.2, -0.15) is 0 Å². The van der Waals surface area contributed by atoms with E-state index in [2.05, 4.69) is 10.1 Å². The van der Waals surface area contributed by atoms with Crippen LogP contribution in [0.1, 0.15) is 6.42 Å². The van der Waals surface area contributed by atoms with Gasteiger partial charge >= 0.3 is 0 Å². The van der Waals surface area contributed by atoms with Crippen LogP contribution in [0.25, 0.3) is 0 Å². The summed E-state index contributed by atoms with van der Waals surface area (Å²) in [5.41, 5.74) is 0. The number of methoxy groups -OCH3 is 1. The lowest BCUT2D eigenvalue weighted by Gasteiger charge is -2.13. The zero-order valence-electron chi connectivity index (χ0n) is 11.7. The first-order valence-corrected chi connectivity index (χ1v) is 8.17. The molecular weight excluding hydrogens is 300 g/mol. The Morgan fingerprint density at radius 2 is 1.86 bits per heavy atom. The molecule has 0 aliphatic carbocycles. The van der Waals surface area contributed by atoms with Gasteiger partial charge in [0.2, 0.25) is 5.91 Å². The number of rotatable bonds is 9. The quantitative estimate of drug-likeness (QED) is 0.517. The van der Waals surface area contributed by atoms with E-state index < -0.39 is 27.6 Å². The Kier molecular flexibility index (Phi) is 6.50. The molecular formula is C12H18N2O6S. The molecule has 118 valence electrons. The predicted octanol–water partition coefficient (Wildman–Crippen LogP) is -1.52. The van der Waals surface area contributed by atoms with Crippen molar-refractivity contribution >= 4 is 27.6 Å². The lowest BCUT2D eigenvalue weighted by molar-refractivity contribution is -0.137. The van der Waals surface area contributed by atoms with E-state index in [-0.39, 0.29) is 37.6 Å². The Labute approximate surface area is 123 Å². The summed E-state index contributed by atoms with van der Waals surface area (Å²) in [7, 11) is -1.85. The van der Waals surface area contributed by atoms with Gasteiger partial charge in [-0.05, 0) is 0 Å². The number of carbonyl (C=O) groups excluding carboxylic acids is 3. The Morgan fingerprint density at radius 1 is 1.24 bits per heavy atom. The molecule has 9 heteroatoms. The topological polar surface area (TPSA) is 110 Å². The lowest BCUT2D eigenvalue weighted by Crippen LogP contribution is -2.36. The van der Waals surface area contributed by atoms with Gasteiger partial charge in [-0.3, -0.25) is 19.3 Å². The molecule has 1 N–H and O–H groups in total. The number of nitrogens with zero attached hydrogens (tertiary/aromatic N) is 1. The van der Waals surface area contributed by atoms with E-state index in [0.29, 0.717) is 0 Å². The Bertz CT molecular complexity index is 522. The normalized spacial score (nSPS) is 14.8. The smallest absolute Gasteiger partial charge is 0.253 e. The van der Waals surface area contributed by atoms with Gasteiger partial charge in [0.1, 0.15) is 0 Å². The molecule has 1 aliphatic heterocycles. The van der Waals surface area contributed by atoms with Crippen LogP contribution in [0, 0.1) is 0 Å². The maximum absolute atomic E-state index is 11.5. The fraction of sp³-hybridized carbons (Fsp3) is 0.583. The Morgan fingerprint density at radius 3 is 2.43 bits per heavy atom. The zero-order chi connectivity index (χ0) is 15.9. The van der Waals surface area contributed by atoms with Gasteiger partial charge in [0, 0.05) is 38.8 Å². The summed E-state index contributed by atoms with van der Waals surface area (Å²) < 4.78 is 27.7. The molecule has 8 nitrogen and oxygen atoms in total. The predicted molar refractivity (Wildman–Crippen MR) is 74.0 cm³/mol. The van der Waals surface area contributed by atoms with Crippen molar-refractivity contribution in [3.05, 3.63) is 12.2 Å². The molecule has 1 heterocycles. The van der Waals surface area contributed by atoms with E-state index in [1.165, 1.54) is 7.11 Å². The summed E-state index contributed by atoms with van der Waals surface area (Å²) in [6, 6.07) is 0. The molecule has 0 radical (unpaired) electrons. The molecule has 0 saturated heterocycles. The van der Waals surface area contributed by atoms with Crippen molar-refractivity contribution in [2.24, 2.45) is 0 Å². The standard InChI is InChI=1S/C12H18N2O6S/c1-20-7-9-21(18,19)8-5-13-10(15)4-6-14-11(16)2-3-12(14)17/h2-3H,4-9H2,1H3,(H,13,15). The van der Waals surface area contributed by atoms with Crippen LogP contribution >= 0.6 is 0 Å². The summed E-state index contributed by atoms with van der Waals surface area (Å²) in [4.78, 5) is 34.9. The molecule has 0 fully saturated rings. The zero-order valence-corrected chi connectivity index (χ0v) is 12.5. The molecule has 1 aliphatic rings. The van der Waals surface area contributed by atoms with E-state index in [4.69, 9.17) is 0 Å². The van der Waals surface area contributed by atoms with Gasteiger partial charge < -0.3 is 10.1 Å². The van der Waals surface area contributed by atoms with E-state index >= 15 is 0 Å². The van der Waals surface area contributed by atoms with Crippen LogP contribution in [0.2, 0.25) is 0 Å². The molecule has 0 aromatic carbocycles. The van der Waals surface area contributed by atoms with Crippen molar-refractivity contribution in [1.29, 1.82) is 0 Å². The Balaban J connectivity index is 2.23.